The molecule has 19 heavy (non-hydrogen) atoms. The Kier molecular flexibility index (Phi) is 2.89. The smallest absolute Gasteiger partial charge is 0.166 e. The lowest BCUT2D eigenvalue weighted by atomic mass is 10.1. The van der Waals surface area contributed by atoms with Gasteiger partial charge in [0.1, 0.15) is 5.82 Å². The van der Waals surface area contributed by atoms with Crippen LogP contribution in [0.3, 0.4) is 0 Å². The van der Waals surface area contributed by atoms with Gasteiger partial charge in [-0.15, -0.1) is 0 Å². The minimum Gasteiger partial charge on any atom is -0.294 e. The number of hydrogen-bond acceptors (Lipinski definition) is 4. The van der Waals surface area contributed by atoms with Crippen molar-refractivity contribution in [3.8, 4) is 5.82 Å². The van der Waals surface area contributed by atoms with Gasteiger partial charge in [-0.1, -0.05) is 0 Å². The first kappa shape index (κ1) is 12.0. The zero-order valence-corrected chi connectivity index (χ0v) is 11.2. The molecule has 2 aromatic rings. The minimum absolute atomic E-state index is 0.196. The number of fused-ring (bicyclic) bond motifs is 1. The summed E-state index contributed by atoms with van der Waals surface area (Å²) < 4.78 is 1.79. The second-order valence-corrected chi connectivity index (χ2v) is 4.96. The van der Waals surface area contributed by atoms with Crippen LogP contribution in [0.15, 0.2) is 12.3 Å². The van der Waals surface area contributed by atoms with E-state index in [-0.39, 0.29) is 5.78 Å². The highest BCUT2D eigenvalue weighted by atomic mass is 16.1. The molecule has 0 spiro atoms. The molecule has 0 bridgehead atoms. The molecule has 0 atom stereocenters. The van der Waals surface area contributed by atoms with Crippen molar-refractivity contribution in [3.05, 3.63) is 35.0 Å². The number of Topliss-reactive ketones (excluding diaryl/α,β-unsaturated/α-hetero) is 1. The number of carbonyl (C=O) groups excluding carboxylic acids is 1. The van der Waals surface area contributed by atoms with E-state index >= 15 is 0 Å². The van der Waals surface area contributed by atoms with Crippen molar-refractivity contribution in [1.82, 2.24) is 19.7 Å². The van der Waals surface area contributed by atoms with Crippen LogP contribution in [0.5, 0.6) is 0 Å². The van der Waals surface area contributed by atoms with Gasteiger partial charge in [-0.25, -0.2) is 14.6 Å². The lowest BCUT2D eigenvalue weighted by Gasteiger charge is -2.07. The molecule has 0 amide bonds. The topological polar surface area (TPSA) is 60.7 Å². The Morgan fingerprint density at radius 2 is 1.95 bits per heavy atom. The molecule has 0 fully saturated rings. The van der Waals surface area contributed by atoms with Gasteiger partial charge in [0.05, 0.1) is 17.5 Å². The van der Waals surface area contributed by atoms with Crippen LogP contribution >= 0.6 is 0 Å². The molecule has 2 heterocycles. The average Bonchev–Trinajstić information content (AvgIpc) is 2.69. The van der Waals surface area contributed by atoms with Crippen LogP contribution in [0.1, 0.15) is 46.8 Å². The van der Waals surface area contributed by atoms with Crippen LogP contribution in [0.4, 0.5) is 0 Å². The summed E-state index contributed by atoms with van der Waals surface area (Å²) in [7, 11) is 0. The van der Waals surface area contributed by atoms with Gasteiger partial charge in [0, 0.05) is 18.2 Å². The number of nitrogens with zero attached hydrogens (tertiary/aromatic N) is 4. The number of rotatable bonds is 1. The molecule has 5 nitrogen and oxygen atoms in total. The normalized spacial score (nSPS) is 15.2. The zero-order chi connectivity index (χ0) is 13.4. The van der Waals surface area contributed by atoms with Crippen molar-refractivity contribution in [2.75, 3.05) is 0 Å². The lowest BCUT2D eigenvalue weighted by Crippen LogP contribution is -2.08. The van der Waals surface area contributed by atoms with Gasteiger partial charge in [-0.2, -0.15) is 5.10 Å². The first-order valence-electron chi connectivity index (χ1n) is 6.58. The quantitative estimate of drug-likeness (QED) is 0.734. The fourth-order valence-corrected chi connectivity index (χ4v) is 2.56. The van der Waals surface area contributed by atoms with Gasteiger partial charge < -0.3 is 0 Å². The molecule has 0 N–H and O–H groups in total. The first-order chi connectivity index (χ1) is 9.15. The van der Waals surface area contributed by atoms with E-state index in [0.29, 0.717) is 6.42 Å². The number of ketones is 1. The van der Waals surface area contributed by atoms with Crippen LogP contribution in [-0.4, -0.2) is 25.5 Å². The summed E-state index contributed by atoms with van der Waals surface area (Å²) >= 11 is 0. The van der Waals surface area contributed by atoms with E-state index in [1.54, 1.807) is 10.9 Å². The lowest BCUT2D eigenvalue weighted by molar-refractivity contribution is 0.0982. The highest BCUT2D eigenvalue weighted by molar-refractivity contribution is 5.97. The Hall–Kier alpha value is -2.04. The summed E-state index contributed by atoms with van der Waals surface area (Å²) in [6, 6.07) is 1.90. The highest BCUT2D eigenvalue weighted by Gasteiger charge is 2.21. The SMILES string of the molecule is Cc1cc(-n2ncc3c2CCCCC3=O)nc(C)n1. The summed E-state index contributed by atoms with van der Waals surface area (Å²) in [4.78, 5) is 20.7. The third-order valence-corrected chi connectivity index (χ3v) is 3.41. The molecule has 2 aromatic heterocycles. The Bertz CT molecular complexity index is 625. The Morgan fingerprint density at radius 1 is 1.16 bits per heavy atom. The average molecular weight is 256 g/mol. The van der Waals surface area contributed by atoms with E-state index in [4.69, 9.17) is 0 Å². The van der Waals surface area contributed by atoms with Gasteiger partial charge in [0.25, 0.3) is 0 Å². The van der Waals surface area contributed by atoms with Crippen LogP contribution in [0.25, 0.3) is 5.82 Å². The molecule has 0 unspecified atom stereocenters. The zero-order valence-electron chi connectivity index (χ0n) is 11.2. The molecule has 3 rings (SSSR count). The van der Waals surface area contributed by atoms with E-state index in [1.165, 1.54) is 0 Å². The highest BCUT2D eigenvalue weighted by Crippen LogP contribution is 2.22. The molecule has 98 valence electrons. The third-order valence-electron chi connectivity index (χ3n) is 3.41. The van der Waals surface area contributed by atoms with Gasteiger partial charge in [0.2, 0.25) is 0 Å². The molecule has 1 aliphatic carbocycles. The maximum atomic E-state index is 12.0. The largest absolute Gasteiger partial charge is 0.294 e. The fraction of sp³-hybridized carbons (Fsp3) is 0.429. The number of hydrogen-bond donors (Lipinski definition) is 0. The molecule has 0 saturated carbocycles. The summed E-state index contributed by atoms with van der Waals surface area (Å²) in [6.07, 6.45) is 5.16. The second-order valence-electron chi connectivity index (χ2n) is 4.96. The predicted octanol–water partition coefficient (Wildman–Crippen LogP) is 2.19. The summed E-state index contributed by atoms with van der Waals surface area (Å²) in [5.41, 5.74) is 2.65. The maximum Gasteiger partial charge on any atom is 0.166 e. The molecule has 0 radical (unpaired) electrons. The van der Waals surface area contributed by atoms with E-state index in [1.807, 2.05) is 19.9 Å². The van der Waals surface area contributed by atoms with Crippen molar-refractivity contribution in [2.24, 2.45) is 0 Å². The molecule has 0 saturated heterocycles. The van der Waals surface area contributed by atoms with Gasteiger partial charge in [-0.05, 0) is 33.1 Å². The molecule has 0 aromatic carbocycles. The van der Waals surface area contributed by atoms with Crippen molar-refractivity contribution < 1.29 is 4.79 Å². The fourth-order valence-electron chi connectivity index (χ4n) is 2.56. The van der Waals surface area contributed by atoms with Gasteiger partial charge in [0.15, 0.2) is 11.6 Å². The standard InChI is InChI=1S/C14H16N4O/c1-9-7-14(17-10(2)16-9)18-12-5-3-4-6-13(19)11(12)8-15-18/h7-8H,3-6H2,1-2H3. The van der Waals surface area contributed by atoms with E-state index in [2.05, 4.69) is 15.1 Å². The van der Waals surface area contributed by atoms with Crippen LogP contribution in [0, 0.1) is 13.8 Å². The van der Waals surface area contributed by atoms with Crippen LogP contribution < -0.4 is 0 Å². The number of aryl methyl sites for hydroxylation is 2. The van der Waals surface area contributed by atoms with E-state index < -0.39 is 0 Å². The predicted molar refractivity (Wildman–Crippen MR) is 70.5 cm³/mol. The van der Waals surface area contributed by atoms with Crippen molar-refractivity contribution in [1.29, 1.82) is 0 Å². The minimum atomic E-state index is 0.196. The molecule has 5 heteroatoms. The second kappa shape index (κ2) is 4.57. The summed E-state index contributed by atoms with van der Waals surface area (Å²) in [6.45, 7) is 3.80. The molecular weight excluding hydrogens is 240 g/mol. The molecule has 1 aliphatic rings. The Labute approximate surface area is 111 Å². The van der Waals surface area contributed by atoms with Crippen LogP contribution in [0.2, 0.25) is 0 Å². The first-order valence-corrected chi connectivity index (χ1v) is 6.58. The number of carbonyl (C=O) groups is 1. The summed E-state index contributed by atoms with van der Waals surface area (Å²) in [5.74, 6) is 1.67. The maximum absolute atomic E-state index is 12.0. The van der Waals surface area contributed by atoms with Gasteiger partial charge in [-0.3, -0.25) is 4.79 Å². The van der Waals surface area contributed by atoms with Crippen molar-refractivity contribution >= 4 is 5.78 Å². The molecular formula is C14H16N4O. The Morgan fingerprint density at radius 3 is 2.74 bits per heavy atom. The van der Waals surface area contributed by atoms with E-state index in [0.717, 1.165) is 47.9 Å². The van der Waals surface area contributed by atoms with Gasteiger partial charge >= 0.3 is 0 Å². The Balaban J connectivity index is 2.13. The molecule has 0 aliphatic heterocycles. The third kappa shape index (κ3) is 2.16. The van der Waals surface area contributed by atoms with Crippen molar-refractivity contribution in [3.63, 3.8) is 0 Å². The number of aromatic nitrogens is 4. The monoisotopic (exact) mass is 256 g/mol. The van der Waals surface area contributed by atoms with Crippen molar-refractivity contribution in [2.45, 2.75) is 39.5 Å². The van der Waals surface area contributed by atoms with E-state index in [9.17, 15) is 4.79 Å². The van der Waals surface area contributed by atoms with Crippen LogP contribution in [-0.2, 0) is 6.42 Å². The summed E-state index contributed by atoms with van der Waals surface area (Å²) in [5, 5.41) is 4.35.